The average molecular weight is 246 g/mol. The Bertz CT molecular complexity index is 417. The molecule has 1 aliphatic heterocycles. The summed E-state index contributed by atoms with van der Waals surface area (Å²) >= 11 is 0. The third-order valence-corrected chi connectivity index (χ3v) is 3.55. The van der Waals surface area contributed by atoms with Crippen molar-refractivity contribution in [1.82, 2.24) is 4.90 Å². The van der Waals surface area contributed by atoms with Crippen LogP contribution in [-0.4, -0.2) is 30.4 Å². The topological polar surface area (TPSA) is 46.3 Å². The number of rotatable bonds is 3. The van der Waals surface area contributed by atoms with Crippen LogP contribution in [0.1, 0.15) is 35.7 Å². The van der Waals surface area contributed by atoms with Crippen molar-refractivity contribution in [3.05, 3.63) is 35.4 Å². The SMILES string of the molecule is CC1CCCN(C(=O)c2cccc(CCN)c2)C1. The van der Waals surface area contributed by atoms with Gasteiger partial charge in [0.1, 0.15) is 0 Å². The first-order valence-electron chi connectivity index (χ1n) is 6.79. The maximum atomic E-state index is 12.4. The number of amides is 1. The van der Waals surface area contributed by atoms with Crippen molar-refractivity contribution in [3.8, 4) is 0 Å². The molecule has 0 spiro atoms. The zero-order valence-electron chi connectivity index (χ0n) is 11.1. The molecule has 2 rings (SSSR count). The molecule has 3 nitrogen and oxygen atoms in total. The number of carbonyl (C=O) groups is 1. The molecular formula is C15H22N2O. The molecule has 1 fully saturated rings. The minimum Gasteiger partial charge on any atom is -0.338 e. The van der Waals surface area contributed by atoms with Crippen LogP contribution < -0.4 is 5.73 Å². The first-order chi connectivity index (χ1) is 8.70. The van der Waals surface area contributed by atoms with Gasteiger partial charge in [-0.15, -0.1) is 0 Å². The van der Waals surface area contributed by atoms with Gasteiger partial charge >= 0.3 is 0 Å². The monoisotopic (exact) mass is 246 g/mol. The van der Waals surface area contributed by atoms with Crippen LogP contribution in [0.4, 0.5) is 0 Å². The number of piperidine rings is 1. The summed E-state index contributed by atoms with van der Waals surface area (Å²) in [5.74, 6) is 0.787. The van der Waals surface area contributed by atoms with Gasteiger partial charge in [0.05, 0.1) is 0 Å². The van der Waals surface area contributed by atoms with E-state index in [2.05, 4.69) is 6.92 Å². The zero-order chi connectivity index (χ0) is 13.0. The fourth-order valence-electron chi connectivity index (χ4n) is 2.58. The number of nitrogens with two attached hydrogens (primary N) is 1. The molecule has 0 aliphatic carbocycles. The van der Waals surface area contributed by atoms with E-state index >= 15 is 0 Å². The minimum absolute atomic E-state index is 0.167. The third-order valence-electron chi connectivity index (χ3n) is 3.55. The van der Waals surface area contributed by atoms with E-state index in [1.807, 2.05) is 29.2 Å². The summed E-state index contributed by atoms with van der Waals surface area (Å²) in [6.07, 6.45) is 3.18. The predicted octanol–water partition coefficient (Wildman–Crippen LogP) is 2.06. The number of benzene rings is 1. The highest BCUT2D eigenvalue weighted by Crippen LogP contribution is 2.18. The third kappa shape index (κ3) is 3.10. The van der Waals surface area contributed by atoms with Crippen molar-refractivity contribution in [2.75, 3.05) is 19.6 Å². The van der Waals surface area contributed by atoms with Gasteiger partial charge in [-0.1, -0.05) is 19.1 Å². The van der Waals surface area contributed by atoms with Crippen molar-refractivity contribution < 1.29 is 4.79 Å². The lowest BCUT2D eigenvalue weighted by molar-refractivity contribution is 0.0683. The largest absolute Gasteiger partial charge is 0.338 e. The molecule has 0 bridgehead atoms. The van der Waals surface area contributed by atoms with Gasteiger partial charge in [0, 0.05) is 18.7 Å². The van der Waals surface area contributed by atoms with E-state index in [1.54, 1.807) is 0 Å². The van der Waals surface area contributed by atoms with Gasteiger partial charge in [0.2, 0.25) is 0 Å². The van der Waals surface area contributed by atoms with Crippen LogP contribution in [0.3, 0.4) is 0 Å². The fraction of sp³-hybridized carbons (Fsp3) is 0.533. The van der Waals surface area contributed by atoms with E-state index in [0.717, 1.165) is 37.1 Å². The van der Waals surface area contributed by atoms with Crippen LogP contribution in [0, 0.1) is 5.92 Å². The summed E-state index contributed by atoms with van der Waals surface area (Å²) in [6, 6.07) is 7.87. The van der Waals surface area contributed by atoms with Crippen LogP contribution in [0.25, 0.3) is 0 Å². The molecule has 3 heteroatoms. The highest BCUT2D eigenvalue weighted by atomic mass is 16.2. The van der Waals surface area contributed by atoms with Crippen molar-refractivity contribution >= 4 is 5.91 Å². The second kappa shape index (κ2) is 6.01. The maximum Gasteiger partial charge on any atom is 0.253 e. The average Bonchev–Trinajstić information content (AvgIpc) is 2.39. The number of likely N-dealkylation sites (tertiary alicyclic amines) is 1. The Hall–Kier alpha value is -1.35. The molecule has 1 saturated heterocycles. The Kier molecular flexibility index (Phi) is 4.37. The van der Waals surface area contributed by atoms with Crippen molar-refractivity contribution in [2.24, 2.45) is 11.7 Å². The lowest BCUT2D eigenvalue weighted by atomic mass is 9.99. The van der Waals surface area contributed by atoms with Gasteiger partial charge in [-0.05, 0) is 49.4 Å². The summed E-state index contributed by atoms with van der Waals surface area (Å²) in [7, 11) is 0. The highest BCUT2D eigenvalue weighted by Gasteiger charge is 2.21. The minimum atomic E-state index is 0.167. The zero-order valence-corrected chi connectivity index (χ0v) is 11.1. The van der Waals surface area contributed by atoms with Crippen LogP contribution in [0.15, 0.2) is 24.3 Å². The summed E-state index contributed by atoms with van der Waals surface area (Å²) in [5.41, 5.74) is 7.50. The lowest BCUT2D eigenvalue weighted by Gasteiger charge is -2.31. The van der Waals surface area contributed by atoms with E-state index in [4.69, 9.17) is 5.73 Å². The normalized spacial score (nSPS) is 19.9. The first-order valence-corrected chi connectivity index (χ1v) is 6.79. The number of hydrogen-bond donors (Lipinski definition) is 1. The Morgan fingerprint density at radius 3 is 3.06 bits per heavy atom. The van der Waals surface area contributed by atoms with Gasteiger partial charge in [-0.3, -0.25) is 4.79 Å². The molecule has 18 heavy (non-hydrogen) atoms. The van der Waals surface area contributed by atoms with Gasteiger partial charge in [-0.2, -0.15) is 0 Å². The maximum absolute atomic E-state index is 12.4. The van der Waals surface area contributed by atoms with E-state index in [9.17, 15) is 4.79 Å². The summed E-state index contributed by atoms with van der Waals surface area (Å²) in [6.45, 7) is 4.62. The molecule has 0 radical (unpaired) electrons. The smallest absolute Gasteiger partial charge is 0.253 e. The van der Waals surface area contributed by atoms with Crippen LogP contribution in [-0.2, 0) is 6.42 Å². The molecule has 1 aromatic rings. The molecule has 2 N–H and O–H groups in total. The van der Waals surface area contributed by atoms with Crippen LogP contribution in [0.2, 0.25) is 0 Å². The standard InChI is InChI=1S/C15H22N2O/c1-12-4-3-9-17(11-12)15(18)14-6-2-5-13(10-14)7-8-16/h2,5-6,10,12H,3-4,7-9,11,16H2,1H3. The molecular weight excluding hydrogens is 224 g/mol. The van der Waals surface area contributed by atoms with Gasteiger partial charge in [0.15, 0.2) is 0 Å². The Labute approximate surface area is 109 Å². The van der Waals surface area contributed by atoms with Gasteiger partial charge < -0.3 is 10.6 Å². The highest BCUT2D eigenvalue weighted by molar-refractivity contribution is 5.94. The fourth-order valence-corrected chi connectivity index (χ4v) is 2.58. The summed E-state index contributed by atoms with van der Waals surface area (Å²) in [5, 5.41) is 0. The lowest BCUT2D eigenvalue weighted by Crippen LogP contribution is -2.39. The van der Waals surface area contributed by atoms with E-state index in [0.29, 0.717) is 12.5 Å². The number of carbonyl (C=O) groups excluding carboxylic acids is 1. The molecule has 1 unspecified atom stereocenters. The van der Waals surface area contributed by atoms with Gasteiger partial charge in [-0.25, -0.2) is 0 Å². The molecule has 1 aliphatic rings. The summed E-state index contributed by atoms with van der Waals surface area (Å²) in [4.78, 5) is 14.4. The predicted molar refractivity (Wildman–Crippen MR) is 73.5 cm³/mol. The van der Waals surface area contributed by atoms with Crippen molar-refractivity contribution in [2.45, 2.75) is 26.2 Å². The first kappa shape index (κ1) is 13.1. The molecule has 98 valence electrons. The van der Waals surface area contributed by atoms with Crippen LogP contribution >= 0.6 is 0 Å². The molecule has 0 saturated carbocycles. The Morgan fingerprint density at radius 2 is 2.33 bits per heavy atom. The van der Waals surface area contributed by atoms with Crippen LogP contribution in [0.5, 0.6) is 0 Å². The molecule has 1 aromatic carbocycles. The number of hydrogen-bond acceptors (Lipinski definition) is 2. The second-order valence-electron chi connectivity index (χ2n) is 5.24. The van der Waals surface area contributed by atoms with Gasteiger partial charge in [0.25, 0.3) is 5.91 Å². The Balaban J connectivity index is 2.10. The molecule has 0 aromatic heterocycles. The molecule has 1 heterocycles. The molecule has 1 atom stereocenters. The van der Waals surface area contributed by atoms with Crippen molar-refractivity contribution in [1.29, 1.82) is 0 Å². The van der Waals surface area contributed by atoms with E-state index in [1.165, 1.54) is 6.42 Å². The number of nitrogens with zero attached hydrogens (tertiary/aromatic N) is 1. The second-order valence-corrected chi connectivity index (χ2v) is 5.24. The van der Waals surface area contributed by atoms with E-state index < -0.39 is 0 Å². The van der Waals surface area contributed by atoms with E-state index in [-0.39, 0.29) is 5.91 Å². The quantitative estimate of drug-likeness (QED) is 0.887. The summed E-state index contributed by atoms with van der Waals surface area (Å²) < 4.78 is 0. The van der Waals surface area contributed by atoms with Crippen molar-refractivity contribution in [3.63, 3.8) is 0 Å². The molecule has 1 amide bonds. The Morgan fingerprint density at radius 1 is 1.50 bits per heavy atom.